The molecule has 100 valence electrons. The van der Waals surface area contributed by atoms with Gasteiger partial charge < -0.3 is 10.8 Å². The second-order valence-electron chi connectivity index (χ2n) is 4.58. The van der Waals surface area contributed by atoms with E-state index in [1.807, 2.05) is 12.1 Å². The maximum absolute atomic E-state index is 13.3. The Kier molecular flexibility index (Phi) is 4.24. The highest BCUT2D eigenvalue weighted by molar-refractivity contribution is 5.29. The Morgan fingerprint density at radius 2 is 1.89 bits per heavy atom. The van der Waals surface area contributed by atoms with Gasteiger partial charge in [-0.1, -0.05) is 12.1 Å². The van der Waals surface area contributed by atoms with Gasteiger partial charge in [0.2, 0.25) is 0 Å². The molecule has 0 spiro atoms. The highest BCUT2D eigenvalue weighted by Crippen LogP contribution is 2.30. The van der Waals surface area contributed by atoms with Crippen LogP contribution in [-0.2, 0) is 0 Å². The van der Waals surface area contributed by atoms with E-state index < -0.39 is 6.10 Å². The van der Waals surface area contributed by atoms with Gasteiger partial charge in [-0.2, -0.15) is 0 Å². The van der Waals surface area contributed by atoms with E-state index in [2.05, 4.69) is 4.98 Å². The number of rotatable bonds is 4. The van der Waals surface area contributed by atoms with Crippen molar-refractivity contribution in [2.24, 2.45) is 5.73 Å². The minimum absolute atomic E-state index is 0.229. The van der Waals surface area contributed by atoms with Crippen LogP contribution in [0.2, 0.25) is 0 Å². The first-order chi connectivity index (χ1) is 9.13. The Hall–Kier alpha value is -1.78. The summed E-state index contributed by atoms with van der Waals surface area (Å²) >= 11 is 0. The molecule has 0 aliphatic rings. The van der Waals surface area contributed by atoms with Gasteiger partial charge in [-0.25, -0.2) is 4.39 Å². The van der Waals surface area contributed by atoms with Gasteiger partial charge in [0.05, 0.1) is 6.10 Å². The molecule has 3 N–H and O–H groups in total. The van der Waals surface area contributed by atoms with Crippen LogP contribution in [0.1, 0.15) is 28.7 Å². The van der Waals surface area contributed by atoms with Crippen LogP contribution in [-0.4, -0.2) is 16.6 Å². The molecular formula is C15H17FN2O. The first kappa shape index (κ1) is 13.6. The zero-order valence-corrected chi connectivity index (χ0v) is 10.8. The fraction of sp³-hybridized carbons (Fsp3) is 0.267. The molecule has 2 atom stereocenters. The number of halogens is 1. The fourth-order valence-electron chi connectivity index (χ4n) is 2.14. The number of pyridine rings is 1. The van der Waals surface area contributed by atoms with Gasteiger partial charge >= 0.3 is 0 Å². The minimum atomic E-state index is -0.758. The molecule has 19 heavy (non-hydrogen) atoms. The standard InChI is InChI=1S/C15H17FN2O/c1-10-8-12(2-3-14(10)16)15(19)13(9-17)11-4-6-18-7-5-11/h2-8,13,15,19H,9,17H2,1H3. The molecule has 0 bridgehead atoms. The van der Waals surface area contributed by atoms with Crippen molar-refractivity contribution in [1.82, 2.24) is 4.98 Å². The van der Waals surface area contributed by atoms with E-state index in [1.54, 1.807) is 31.5 Å². The molecule has 0 radical (unpaired) electrons. The van der Waals surface area contributed by atoms with Crippen molar-refractivity contribution >= 4 is 0 Å². The number of aliphatic hydroxyl groups excluding tert-OH is 1. The van der Waals surface area contributed by atoms with Crippen LogP contribution < -0.4 is 5.73 Å². The van der Waals surface area contributed by atoms with Crippen LogP contribution in [0, 0.1) is 12.7 Å². The largest absolute Gasteiger partial charge is 0.388 e. The molecule has 2 aromatic rings. The van der Waals surface area contributed by atoms with Gasteiger partial charge in [0.15, 0.2) is 0 Å². The van der Waals surface area contributed by atoms with Crippen LogP contribution in [0.15, 0.2) is 42.7 Å². The molecule has 0 aliphatic heterocycles. The monoisotopic (exact) mass is 260 g/mol. The Morgan fingerprint density at radius 1 is 1.21 bits per heavy atom. The number of hydrogen-bond donors (Lipinski definition) is 2. The smallest absolute Gasteiger partial charge is 0.126 e. The number of aliphatic hydroxyl groups is 1. The van der Waals surface area contributed by atoms with Gasteiger partial charge in [-0.05, 0) is 41.8 Å². The van der Waals surface area contributed by atoms with E-state index in [1.165, 1.54) is 6.07 Å². The predicted molar refractivity (Wildman–Crippen MR) is 72.1 cm³/mol. The third kappa shape index (κ3) is 2.97. The van der Waals surface area contributed by atoms with Crippen LogP contribution in [0.4, 0.5) is 4.39 Å². The molecule has 3 nitrogen and oxygen atoms in total. The number of hydrogen-bond acceptors (Lipinski definition) is 3. The van der Waals surface area contributed by atoms with Gasteiger partial charge in [0.1, 0.15) is 5.82 Å². The highest BCUT2D eigenvalue weighted by atomic mass is 19.1. The van der Waals surface area contributed by atoms with E-state index in [9.17, 15) is 9.50 Å². The summed E-state index contributed by atoms with van der Waals surface area (Å²) in [6.07, 6.45) is 2.58. The lowest BCUT2D eigenvalue weighted by Crippen LogP contribution is -2.20. The van der Waals surface area contributed by atoms with E-state index in [0.717, 1.165) is 5.56 Å². The van der Waals surface area contributed by atoms with Crippen LogP contribution >= 0.6 is 0 Å². The molecule has 0 fully saturated rings. The summed E-state index contributed by atoms with van der Waals surface area (Å²) in [5.41, 5.74) is 7.87. The van der Waals surface area contributed by atoms with E-state index >= 15 is 0 Å². The summed E-state index contributed by atoms with van der Waals surface area (Å²) in [6, 6.07) is 8.28. The Morgan fingerprint density at radius 3 is 2.47 bits per heavy atom. The zero-order chi connectivity index (χ0) is 13.8. The number of aromatic nitrogens is 1. The number of nitrogens with two attached hydrogens (primary N) is 1. The van der Waals surface area contributed by atoms with Crippen LogP contribution in [0.3, 0.4) is 0 Å². The summed E-state index contributed by atoms with van der Waals surface area (Å²) < 4.78 is 13.3. The Balaban J connectivity index is 2.30. The average Bonchev–Trinajstić information content (AvgIpc) is 2.44. The molecule has 2 unspecified atom stereocenters. The van der Waals surface area contributed by atoms with Crippen molar-refractivity contribution in [3.8, 4) is 0 Å². The molecule has 0 aliphatic carbocycles. The second kappa shape index (κ2) is 5.91. The van der Waals surface area contributed by atoms with E-state index in [-0.39, 0.29) is 11.7 Å². The SMILES string of the molecule is Cc1cc(C(O)C(CN)c2ccncc2)ccc1F. The molecule has 1 aromatic heterocycles. The third-order valence-corrected chi connectivity index (χ3v) is 3.29. The number of nitrogens with zero attached hydrogens (tertiary/aromatic N) is 1. The average molecular weight is 260 g/mol. The normalized spacial score (nSPS) is 14.1. The zero-order valence-electron chi connectivity index (χ0n) is 10.8. The second-order valence-corrected chi connectivity index (χ2v) is 4.58. The van der Waals surface area contributed by atoms with Crippen molar-refractivity contribution in [3.63, 3.8) is 0 Å². The molecule has 0 amide bonds. The van der Waals surface area contributed by atoms with E-state index in [0.29, 0.717) is 17.7 Å². The summed E-state index contributed by atoms with van der Waals surface area (Å²) in [4.78, 5) is 3.95. The van der Waals surface area contributed by atoms with E-state index in [4.69, 9.17) is 5.73 Å². The summed E-state index contributed by atoms with van der Waals surface area (Å²) in [6.45, 7) is 1.98. The maximum atomic E-state index is 13.3. The van der Waals surface area contributed by atoms with Gasteiger partial charge in [-0.3, -0.25) is 4.98 Å². The lowest BCUT2D eigenvalue weighted by Gasteiger charge is -2.22. The van der Waals surface area contributed by atoms with Crippen LogP contribution in [0.5, 0.6) is 0 Å². The number of aryl methyl sites for hydroxylation is 1. The van der Waals surface area contributed by atoms with Crippen molar-refractivity contribution in [2.75, 3.05) is 6.54 Å². The van der Waals surface area contributed by atoms with Crippen LogP contribution in [0.25, 0.3) is 0 Å². The lowest BCUT2D eigenvalue weighted by molar-refractivity contribution is 0.147. The summed E-state index contributed by atoms with van der Waals surface area (Å²) in [7, 11) is 0. The molecule has 1 heterocycles. The third-order valence-electron chi connectivity index (χ3n) is 3.29. The van der Waals surface area contributed by atoms with Gasteiger partial charge in [-0.15, -0.1) is 0 Å². The van der Waals surface area contributed by atoms with Crippen molar-refractivity contribution in [2.45, 2.75) is 18.9 Å². The lowest BCUT2D eigenvalue weighted by atomic mass is 9.89. The Labute approximate surface area is 111 Å². The maximum Gasteiger partial charge on any atom is 0.126 e. The fourth-order valence-corrected chi connectivity index (χ4v) is 2.14. The highest BCUT2D eigenvalue weighted by Gasteiger charge is 2.21. The first-order valence-corrected chi connectivity index (χ1v) is 6.17. The van der Waals surface area contributed by atoms with Gasteiger partial charge in [0, 0.05) is 24.9 Å². The van der Waals surface area contributed by atoms with Gasteiger partial charge in [0.25, 0.3) is 0 Å². The van der Waals surface area contributed by atoms with Crippen molar-refractivity contribution in [3.05, 3.63) is 65.2 Å². The topological polar surface area (TPSA) is 59.1 Å². The molecule has 1 aromatic carbocycles. The Bertz CT molecular complexity index is 545. The summed E-state index contributed by atoms with van der Waals surface area (Å²) in [5, 5.41) is 10.4. The van der Waals surface area contributed by atoms with Crippen molar-refractivity contribution < 1.29 is 9.50 Å². The quantitative estimate of drug-likeness (QED) is 0.886. The molecular weight excluding hydrogens is 243 g/mol. The molecule has 4 heteroatoms. The minimum Gasteiger partial charge on any atom is -0.388 e. The number of benzene rings is 1. The first-order valence-electron chi connectivity index (χ1n) is 6.17. The molecule has 2 rings (SSSR count). The molecule has 0 saturated heterocycles. The molecule has 0 saturated carbocycles. The predicted octanol–water partition coefficient (Wildman–Crippen LogP) is 2.31. The summed E-state index contributed by atoms with van der Waals surface area (Å²) in [5.74, 6) is -0.503. The van der Waals surface area contributed by atoms with Crippen molar-refractivity contribution in [1.29, 1.82) is 0 Å².